The summed E-state index contributed by atoms with van der Waals surface area (Å²) >= 11 is 0. The number of hydrogen-bond donors (Lipinski definition) is 3. The number of hydrazone groups is 1. The highest BCUT2D eigenvalue weighted by Gasteiger charge is 2.04. The summed E-state index contributed by atoms with van der Waals surface area (Å²) in [5.74, 6) is -0.872. The molecular weight excluding hydrogens is 323 g/mol. The summed E-state index contributed by atoms with van der Waals surface area (Å²) in [6, 6.07) is 14.3. The predicted molar refractivity (Wildman–Crippen MR) is 95.5 cm³/mol. The van der Waals surface area contributed by atoms with Crippen LogP contribution in [0.4, 0.5) is 14.9 Å². The predicted octanol–water partition coefficient (Wildman–Crippen LogP) is 2.76. The van der Waals surface area contributed by atoms with Crippen molar-refractivity contribution in [2.24, 2.45) is 5.10 Å². The fourth-order valence-electron chi connectivity index (χ4n) is 1.78. The van der Waals surface area contributed by atoms with Gasteiger partial charge in [0.2, 0.25) is 0 Å². The summed E-state index contributed by atoms with van der Waals surface area (Å²) in [5.41, 5.74) is 3.72. The van der Waals surface area contributed by atoms with Gasteiger partial charge in [-0.15, -0.1) is 0 Å². The van der Waals surface area contributed by atoms with E-state index in [2.05, 4.69) is 21.2 Å². The van der Waals surface area contributed by atoms with E-state index in [1.165, 1.54) is 30.5 Å². The van der Waals surface area contributed by atoms with E-state index in [4.69, 9.17) is 0 Å². The molecule has 0 fully saturated rings. The van der Waals surface area contributed by atoms with Crippen LogP contribution in [0.25, 0.3) is 6.08 Å². The summed E-state index contributed by atoms with van der Waals surface area (Å²) < 4.78 is 12.7. The molecule has 3 amide bonds. The quantitative estimate of drug-likeness (QED) is 0.558. The van der Waals surface area contributed by atoms with Crippen LogP contribution in [-0.2, 0) is 4.79 Å². The first-order valence-electron chi connectivity index (χ1n) is 7.47. The number of allylic oxidation sites excluding steroid dienone is 1. The Hall–Kier alpha value is -3.48. The molecule has 0 aliphatic heterocycles. The Balaban J connectivity index is 1.66. The maximum atomic E-state index is 12.7. The minimum Gasteiger partial charge on any atom is -0.329 e. The lowest BCUT2D eigenvalue weighted by Crippen LogP contribution is -2.37. The second-order valence-corrected chi connectivity index (χ2v) is 4.90. The Labute approximate surface area is 144 Å². The molecule has 2 aromatic rings. The van der Waals surface area contributed by atoms with Crippen LogP contribution in [0.3, 0.4) is 0 Å². The van der Waals surface area contributed by atoms with E-state index in [1.54, 1.807) is 6.08 Å². The van der Waals surface area contributed by atoms with E-state index in [1.807, 2.05) is 36.4 Å². The van der Waals surface area contributed by atoms with Crippen molar-refractivity contribution < 1.29 is 14.0 Å². The van der Waals surface area contributed by atoms with Gasteiger partial charge in [0.25, 0.3) is 5.91 Å². The normalized spacial score (nSPS) is 10.8. The lowest BCUT2D eigenvalue weighted by Gasteiger charge is -2.06. The second kappa shape index (κ2) is 9.61. The first kappa shape index (κ1) is 17.9. The first-order valence-corrected chi connectivity index (χ1v) is 7.47. The third-order valence-corrected chi connectivity index (χ3v) is 2.95. The molecule has 0 saturated carbocycles. The molecule has 3 N–H and O–H groups in total. The number of amides is 3. The van der Waals surface area contributed by atoms with Gasteiger partial charge in [-0.05, 0) is 35.9 Å². The van der Waals surface area contributed by atoms with Crippen LogP contribution in [0.15, 0.2) is 65.8 Å². The van der Waals surface area contributed by atoms with Crippen molar-refractivity contribution in [2.75, 3.05) is 11.9 Å². The van der Waals surface area contributed by atoms with Gasteiger partial charge in [-0.2, -0.15) is 5.10 Å². The van der Waals surface area contributed by atoms with Crippen molar-refractivity contribution in [1.29, 1.82) is 0 Å². The van der Waals surface area contributed by atoms with E-state index in [0.717, 1.165) is 5.56 Å². The highest BCUT2D eigenvalue weighted by molar-refractivity contribution is 5.92. The number of carbonyl (C=O) groups excluding carboxylic acids is 2. The number of urea groups is 1. The summed E-state index contributed by atoms with van der Waals surface area (Å²) in [4.78, 5) is 23.1. The molecule has 25 heavy (non-hydrogen) atoms. The topological polar surface area (TPSA) is 82.6 Å². The van der Waals surface area contributed by atoms with Gasteiger partial charge in [-0.1, -0.05) is 36.4 Å². The third-order valence-electron chi connectivity index (χ3n) is 2.95. The zero-order chi connectivity index (χ0) is 17.9. The van der Waals surface area contributed by atoms with Crippen molar-refractivity contribution >= 4 is 29.9 Å². The fraction of sp³-hybridized carbons (Fsp3) is 0.0556. The molecular formula is C18H17FN4O2. The van der Waals surface area contributed by atoms with E-state index in [-0.39, 0.29) is 6.54 Å². The van der Waals surface area contributed by atoms with E-state index >= 15 is 0 Å². The number of hydrogen-bond acceptors (Lipinski definition) is 3. The molecule has 0 aliphatic rings. The zero-order valence-corrected chi connectivity index (χ0v) is 13.3. The minimum atomic E-state index is -0.574. The molecule has 6 nitrogen and oxygen atoms in total. The third kappa shape index (κ3) is 7.08. The lowest BCUT2D eigenvalue weighted by molar-refractivity contribution is -0.120. The maximum absolute atomic E-state index is 12.7. The van der Waals surface area contributed by atoms with Crippen LogP contribution in [0.5, 0.6) is 0 Å². The van der Waals surface area contributed by atoms with Crippen molar-refractivity contribution in [1.82, 2.24) is 10.7 Å². The zero-order valence-electron chi connectivity index (χ0n) is 13.3. The van der Waals surface area contributed by atoms with E-state index < -0.39 is 17.8 Å². The number of rotatable bonds is 6. The van der Waals surface area contributed by atoms with Gasteiger partial charge in [0, 0.05) is 11.9 Å². The molecule has 0 atom stereocenters. The summed E-state index contributed by atoms with van der Waals surface area (Å²) in [5, 5.41) is 8.57. The molecule has 2 rings (SSSR count). The molecule has 7 heteroatoms. The van der Waals surface area contributed by atoms with Gasteiger partial charge in [0.1, 0.15) is 12.4 Å². The van der Waals surface area contributed by atoms with Crippen LogP contribution in [0.1, 0.15) is 5.56 Å². The average Bonchev–Trinajstić information content (AvgIpc) is 2.62. The van der Waals surface area contributed by atoms with Crippen LogP contribution < -0.4 is 16.1 Å². The van der Waals surface area contributed by atoms with Crippen LogP contribution in [0.2, 0.25) is 0 Å². The molecule has 0 radical (unpaired) electrons. The smallest absolute Gasteiger partial charge is 0.319 e. The molecule has 0 bridgehead atoms. The SMILES string of the molecule is O=C(CNC(=O)Nc1ccc(F)cc1)N/N=C\C=C\c1ccccc1. The van der Waals surface area contributed by atoms with Gasteiger partial charge in [0.15, 0.2) is 0 Å². The molecule has 0 aromatic heterocycles. The number of benzene rings is 2. The molecule has 128 valence electrons. The van der Waals surface area contributed by atoms with Crippen LogP contribution in [-0.4, -0.2) is 24.7 Å². The monoisotopic (exact) mass is 340 g/mol. The van der Waals surface area contributed by atoms with Gasteiger partial charge < -0.3 is 10.6 Å². The Bertz CT molecular complexity index is 758. The van der Waals surface area contributed by atoms with Gasteiger partial charge in [0.05, 0.1) is 0 Å². The van der Waals surface area contributed by atoms with Crippen LogP contribution in [0, 0.1) is 5.82 Å². The fourth-order valence-corrected chi connectivity index (χ4v) is 1.78. The largest absolute Gasteiger partial charge is 0.329 e. The standard InChI is InChI=1S/C18H17FN4O2/c19-15-8-10-16(11-9-15)22-18(25)20-13-17(24)23-21-12-4-7-14-5-2-1-3-6-14/h1-12H,13H2,(H,23,24)(H2,20,22,25)/b7-4+,21-12-. The van der Waals surface area contributed by atoms with Crippen molar-refractivity contribution in [2.45, 2.75) is 0 Å². The number of nitrogens with one attached hydrogen (secondary N) is 3. The van der Waals surface area contributed by atoms with E-state index in [0.29, 0.717) is 5.69 Å². The first-order chi connectivity index (χ1) is 12.1. The minimum absolute atomic E-state index is 0.243. The van der Waals surface area contributed by atoms with Gasteiger partial charge in [-0.25, -0.2) is 14.6 Å². The Kier molecular flexibility index (Phi) is 6.87. The van der Waals surface area contributed by atoms with Crippen molar-refractivity contribution in [3.05, 3.63) is 72.1 Å². The van der Waals surface area contributed by atoms with Crippen LogP contribution >= 0.6 is 0 Å². The maximum Gasteiger partial charge on any atom is 0.319 e. The summed E-state index contributed by atoms with van der Waals surface area (Å²) in [6.07, 6.45) is 4.96. The Morgan fingerprint density at radius 2 is 1.76 bits per heavy atom. The molecule has 2 aromatic carbocycles. The highest BCUT2D eigenvalue weighted by atomic mass is 19.1. The molecule has 0 saturated heterocycles. The number of halogens is 1. The molecule has 0 spiro atoms. The lowest BCUT2D eigenvalue weighted by atomic mass is 10.2. The Morgan fingerprint density at radius 1 is 1.04 bits per heavy atom. The average molecular weight is 340 g/mol. The summed E-state index contributed by atoms with van der Waals surface area (Å²) in [6.45, 7) is -0.243. The second-order valence-electron chi connectivity index (χ2n) is 4.90. The summed E-state index contributed by atoms with van der Waals surface area (Å²) in [7, 11) is 0. The molecule has 0 aliphatic carbocycles. The molecule has 0 unspecified atom stereocenters. The van der Waals surface area contributed by atoms with Crippen molar-refractivity contribution in [3.63, 3.8) is 0 Å². The van der Waals surface area contributed by atoms with Gasteiger partial charge >= 0.3 is 6.03 Å². The number of carbonyl (C=O) groups is 2. The molecule has 0 heterocycles. The van der Waals surface area contributed by atoms with Gasteiger partial charge in [-0.3, -0.25) is 4.79 Å². The highest BCUT2D eigenvalue weighted by Crippen LogP contribution is 2.07. The number of nitrogens with zero attached hydrogens (tertiary/aromatic N) is 1. The number of anilines is 1. The Morgan fingerprint density at radius 3 is 2.48 bits per heavy atom. The van der Waals surface area contributed by atoms with E-state index in [9.17, 15) is 14.0 Å². The van der Waals surface area contributed by atoms with Crippen molar-refractivity contribution in [3.8, 4) is 0 Å².